The van der Waals surface area contributed by atoms with E-state index in [4.69, 9.17) is 4.74 Å². The number of hydrogen-bond donors (Lipinski definition) is 2. The average molecular weight is 368 g/mol. The van der Waals surface area contributed by atoms with Crippen molar-refractivity contribution < 1.29 is 23.9 Å². The molecule has 0 spiro atoms. The van der Waals surface area contributed by atoms with Crippen molar-refractivity contribution in [1.82, 2.24) is 5.32 Å². The molecule has 7 heteroatoms. The van der Waals surface area contributed by atoms with Gasteiger partial charge >= 0.3 is 5.97 Å². The van der Waals surface area contributed by atoms with E-state index in [1.54, 1.807) is 12.1 Å². The smallest absolute Gasteiger partial charge is 0.325 e. The summed E-state index contributed by atoms with van der Waals surface area (Å²) in [6.07, 6.45) is 0.160. The SMILES string of the molecule is CC(=O)Nc1ccc(C(=O)COC(=O)CNC(=O)Cc2ccccc2)cc1. The molecule has 2 amide bonds. The number of nitrogens with one attached hydrogen (secondary N) is 2. The summed E-state index contributed by atoms with van der Waals surface area (Å²) in [5, 5.41) is 5.05. The molecule has 0 heterocycles. The Morgan fingerprint density at radius 3 is 2.22 bits per heavy atom. The minimum Gasteiger partial charge on any atom is -0.456 e. The van der Waals surface area contributed by atoms with E-state index in [2.05, 4.69) is 10.6 Å². The lowest BCUT2D eigenvalue weighted by Crippen LogP contribution is -2.32. The Labute approximate surface area is 156 Å². The highest BCUT2D eigenvalue weighted by molar-refractivity contribution is 5.98. The van der Waals surface area contributed by atoms with E-state index in [1.807, 2.05) is 30.3 Å². The quantitative estimate of drug-likeness (QED) is 0.546. The van der Waals surface area contributed by atoms with E-state index in [-0.39, 0.29) is 30.6 Å². The molecule has 2 aromatic carbocycles. The van der Waals surface area contributed by atoms with Crippen molar-refractivity contribution in [3.8, 4) is 0 Å². The Hall–Kier alpha value is -3.48. The molecule has 2 rings (SSSR count). The molecule has 2 N–H and O–H groups in total. The van der Waals surface area contributed by atoms with Crippen LogP contribution in [0, 0.1) is 0 Å². The van der Waals surface area contributed by atoms with E-state index in [0.29, 0.717) is 11.3 Å². The van der Waals surface area contributed by atoms with Gasteiger partial charge in [-0.15, -0.1) is 0 Å². The first-order chi connectivity index (χ1) is 12.9. The third-order valence-corrected chi connectivity index (χ3v) is 3.53. The number of Topliss-reactive ketones (excluding diaryl/α,β-unsaturated/α-hetero) is 1. The molecule has 0 aliphatic carbocycles. The second-order valence-corrected chi connectivity index (χ2v) is 5.78. The molecule has 7 nitrogen and oxygen atoms in total. The highest BCUT2D eigenvalue weighted by atomic mass is 16.5. The van der Waals surface area contributed by atoms with Gasteiger partial charge in [-0.05, 0) is 29.8 Å². The van der Waals surface area contributed by atoms with Gasteiger partial charge in [-0.25, -0.2) is 0 Å². The lowest BCUT2D eigenvalue weighted by molar-refractivity contribution is -0.142. The van der Waals surface area contributed by atoms with Crippen LogP contribution in [-0.4, -0.2) is 36.7 Å². The first-order valence-electron chi connectivity index (χ1n) is 8.31. The molecule has 0 saturated carbocycles. The first-order valence-corrected chi connectivity index (χ1v) is 8.31. The number of ether oxygens (including phenoxy) is 1. The van der Waals surface area contributed by atoms with Crippen LogP contribution in [0.2, 0.25) is 0 Å². The lowest BCUT2D eigenvalue weighted by Gasteiger charge is -2.07. The average Bonchev–Trinajstić information content (AvgIpc) is 2.65. The fourth-order valence-electron chi connectivity index (χ4n) is 2.24. The van der Waals surface area contributed by atoms with E-state index < -0.39 is 12.6 Å². The predicted octanol–water partition coefficient (Wildman–Crippen LogP) is 1.73. The Kier molecular flexibility index (Phi) is 7.25. The highest BCUT2D eigenvalue weighted by Gasteiger charge is 2.11. The van der Waals surface area contributed by atoms with Gasteiger partial charge in [-0.3, -0.25) is 19.2 Å². The van der Waals surface area contributed by atoms with E-state index >= 15 is 0 Å². The molecule has 0 saturated heterocycles. The standard InChI is InChI=1S/C20H20N2O5/c1-14(23)22-17-9-7-16(8-10-17)18(24)13-27-20(26)12-21-19(25)11-15-5-3-2-4-6-15/h2-10H,11-13H2,1H3,(H,21,25)(H,22,23). The molecule has 140 valence electrons. The monoisotopic (exact) mass is 368 g/mol. The summed E-state index contributed by atoms with van der Waals surface area (Å²) in [6.45, 7) is 0.657. The molecule has 0 unspecified atom stereocenters. The number of esters is 1. The van der Waals surface area contributed by atoms with Gasteiger partial charge in [-0.2, -0.15) is 0 Å². The molecule has 0 aliphatic heterocycles. The maximum absolute atomic E-state index is 12.0. The number of carbonyl (C=O) groups excluding carboxylic acids is 4. The third-order valence-electron chi connectivity index (χ3n) is 3.53. The zero-order valence-corrected chi connectivity index (χ0v) is 14.9. The van der Waals surface area contributed by atoms with Crippen LogP contribution < -0.4 is 10.6 Å². The molecule has 0 atom stereocenters. The van der Waals surface area contributed by atoms with Crippen LogP contribution in [0.15, 0.2) is 54.6 Å². The minimum atomic E-state index is -0.695. The molecule has 0 bridgehead atoms. The Balaban J connectivity index is 1.72. The Bertz CT molecular complexity index is 816. The normalized spacial score (nSPS) is 9.96. The summed E-state index contributed by atoms with van der Waals surface area (Å²) >= 11 is 0. The number of benzene rings is 2. The molecule has 2 aromatic rings. The Morgan fingerprint density at radius 1 is 0.926 bits per heavy atom. The van der Waals surface area contributed by atoms with Crippen LogP contribution in [0.4, 0.5) is 5.69 Å². The zero-order chi connectivity index (χ0) is 19.6. The topological polar surface area (TPSA) is 102 Å². The molecule has 0 aliphatic rings. The molecule has 0 radical (unpaired) electrons. The number of ketones is 1. The van der Waals surface area contributed by atoms with Gasteiger partial charge in [0, 0.05) is 18.2 Å². The zero-order valence-electron chi connectivity index (χ0n) is 14.9. The highest BCUT2D eigenvalue weighted by Crippen LogP contribution is 2.10. The summed E-state index contributed by atoms with van der Waals surface area (Å²) in [6, 6.07) is 15.4. The number of amides is 2. The van der Waals surface area contributed by atoms with Crippen LogP contribution in [0.25, 0.3) is 0 Å². The van der Waals surface area contributed by atoms with Gasteiger partial charge in [0.2, 0.25) is 11.8 Å². The van der Waals surface area contributed by atoms with Gasteiger partial charge < -0.3 is 15.4 Å². The largest absolute Gasteiger partial charge is 0.456 e. The van der Waals surface area contributed by atoms with Crippen LogP contribution in [0.1, 0.15) is 22.8 Å². The maximum Gasteiger partial charge on any atom is 0.325 e. The summed E-state index contributed by atoms with van der Waals surface area (Å²) in [5.74, 6) is -1.59. The van der Waals surface area contributed by atoms with Gasteiger partial charge in [0.1, 0.15) is 6.54 Å². The number of hydrogen-bond acceptors (Lipinski definition) is 5. The number of rotatable bonds is 8. The van der Waals surface area contributed by atoms with Gasteiger partial charge in [0.15, 0.2) is 12.4 Å². The van der Waals surface area contributed by atoms with Gasteiger partial charge in [0.05, 0.1) is 6.42 Å². The second kappa shape index (κ2) is 9.86. The maximum atomic E-state index is 12.0. The third kappa shape index (κ3) is 7.11. The van der Waals surface area contributed by atoms with Gasteiger partial charge in [-0.1, -0.05) is 30.3 Å². The van der Waals surface area contributed by atoms with Gasteiger partial charge in [0.25, 0.3) is 0 Å². The number of carbonyl (C=O) groups is 4. The van der Waals surface area contributed by atoms with Crippen molar-refractivity contribution in [1.29, 1.82) is 0 Å². The van der Waals surface area contributed by atoms with Crippen molar-refractivity contribution in [2.75, 3.05) is 18.5 Å². The fourth-order valence-corrected chi connectivity index (χ4v) is 2.24. The fraction of sp³-hybridized carbons (Fsp3) is 0.200. The van der Waals surface area contributed by atoms with E-state index in [9.17, 15) is 19.2 Å². The molecule has 27 heavy (non-hydrogen) atoms. The number of anilines is 1. The van der Waals surface area contributed by atoms with Crippen molar-refractivity contribution in [2.45, 2.75) is 13.3 Å². The first kappa shape index (κ1) is 19.8. The van der Waals surface area contributed by atoms with Crippen molar-refractivity contribution >= 4 is 29.3 Å². The van der Waals surface area contributed by atoms with E-state index in [1.165, 1.54) is 19.1 Å². The molecular weight excluding hydrogens is 348 g/mol. The van der Waals surface area contributed by atoms with Crippen LogP contribution in [0.5, 0.6) is 0 Å². The van der Waals surface area contributed by atoms with E-state index in [0.717, 1.165) is 5.56 Å². The van der Waals surface area contributed by atoms with Crippen LogP contribution >= 0.6 is 0 Å². The van der Waals surface area contributed by atoms with Crippen molar-refractivity contribution in [3.63, 3.8) is 0 Å². The van der Waals surface area contributed by atoms with Crippen LogP contribution in [0.3, 0.4) is 0 Å². The molecule has 0 fully saturated rings. The minimum absolute atomic E-state index is 0.160. The summed E-state index contributed by atoms with van der Waals surface area (Å²) < 4.78 is 4.88. The Morgan fingerprint density at radius 2 is 1.59 bits per heavy atom. The molecular formula is C20H20N2O5. The van der Waals surface area contributed by atoms with Crippen molar-refractivity contribution in [3.05, 3.63) is 65.7 Å². The summed E-state index contributed by atoms with van der Waals surface area (Å²) in [4.78, 5) is 46.4. The summed E-state index contributed by atoms with van der Waals surface area (Å²) in [5.41, 5.74) is 1.75. The second-order valence-electron chi connectivity index (χ2n) is 5.78. The van der Waals surface area contributed by atoms with Crippen LogP contribution in [-0.2, 0) is 25.5 Å². The lowest BCUT2D eigenvalue weighted by atomic mass is 10.1. The predicted molar refractivity (Wildman–Crippen MR) is 99.2 cm³/mol. The molecule has 0 aromatic heterocycles. The van der Waals surface area contributed by atoms with Crippen molar-refractivity contribution in [2.24, 2.45) is 0 Å². The summed E-state index contributed by atoms with van der Waals surface area (Å²) in [7, 11) is 0.